The maximum absolute atomic E-state index is 11.8. The number of amides is 1. The summed E-state index contributed by atoms with van der Waals surface area (Å²) >= 11 is 0. The van der Waals surface area contributed by atoms with E-state index in [1.54, 1.807) is 6.08 Å². The summed E-state index contributed by atoms with van der Waals surface area (Å²) in [5.41, 5.74) is 0.943. The zero-order chi connectivity index (χ0) is 14.5. The summed E-state index contributed by atoms with van der Waals surface area (Å²) in [7, 11) is 0. The molecule has 1 aliphatic rings. The minimum Gasteiger partial charge on any atom is -0.405 e. The molecule has 3 rings (SSSR count). The lowest BCUT2D eigenvalue weighted by Gasteiger charge is -2.01. The second kappa shape index (κ2) is 6.32. The maximum atomic E-state index is 11.8. The van der Waals surface area contributed by atoms with Gasteiger partial charge in [-0.25, -0.2) is 0 Å². The van der Waals surface area contributed by atoms with Crippen molar-refractivity contribution in [3.63, 3.8) is 0 Å². The zero-order valence-corrected chi connectivity index (χ0v) is 11.4. The number of nitrogens with zero attached hydrogens (tertiary/aromatic N) is 2. The molecule has 1 amide bonds. The van der Waals surface area contributed by atoms with Gasteiger partial charge in [-0.05, 0) is 24.5 Å². The van der Waals surface area contributed by atoms with Crippen LogP contribution < -0.4 is 5.32 Å². The number of ether oxygens (including phenoxy) is 1. The lowest BCUT2D eigenvalue weighted by molar-refractivity contribution is -0.112. The van der Waals surface area contributed by atoms with Crippen LogP contribution in [0.4, 0.5) is 6.01 Å². The average Bonchev–Trinajstić information content (AvgIpc) is 3.17. The molecule has 1 atom stereocenters. The molecule has 6 nitrogen and oxygen atoms in total. The van der Waals surface area contributed by atoms with Crippen LogP contribution in [0.2, 0.25) is 0 Å². The van der Waals surface area contributed by atoms with Crippen LogP contribution in [0.5, 0.6) is 0 Å². The molecule has 108 valence electrons. The molecule has 0 saturated carbocycles. The molecule has 1 N–H and O–H groups in total. The van der Waals surface area contributed by atoms with Crippen LogP contribution in [-0.2, 0) is 9.53 Å². The lowest BCUT2D eigenvalue weighted by Crippen LogP contribution is -2.07. The molecule has 1 aromatic heterocycles. The van der Waals surface area contributed by atoms with Gasteiger partial charge in [0.1, 0.15) is 6.10 Å². The Kier molecular flexibility index (Phi) is 4.07. The molecular weight excluding hydrogens is 270 g/mol. The van der Waals surface area contributed by atoms with Crippen molar-refractivity contribution in [2.24, 2.45) is 0 Å². The van der Waals surface area contributed by atoms with Crippen LogP contribution in [0.25, 0.3) is 6.08 Å². The van der Waals surface area contributed by atoms with Crippen molar-refractivity contribution >= 4 is 18.0 Å². The Morgan fingerprint density at radius 3 is 2.90 bits per heavy atom. The van der Waals surface area contributed by atoms with E-state index in [9.17, 15) is 4.79 Å². The van der Waals surface area contributed by atoms with Gasteiger partial charge in [-0.3, -0.25) is 10.1 Å². The van der Waals surface area contributed by atoms with Crippen molar-refractivity contribution in [3.05, 3.63) is 47.9 Å². The number of hydrogen-bond acceptors (Lipinski definition) is 5. The summed E-state index contributed by atoms with van der Waals surface area (Å²) in [6, 6.07) is 9.64. The third-order valence-electron chi connectivity index (χ3n) is 3.10. The molecule has 2 aromatic rings. The largest absolute Gasteiger partial charge is 0.405 e. The van der Waals surface area contributed by atoms with Gasteiger partial charge in [-0.2, -0.15) is 0 Å². The Labute approximate surface area is 121 Å². The molecule has 0 radical (unpaired) electrons. The van der Waals surface area contributed by atoms with Gasteiger partial charge in [0.15, 0.2) is 0 Å². The van der Waals surface area contributed by atoms with Crippen LogP contribution in [0.3, 0.4) is 0 Å². The summed E-state index contributed by atoms with van der Waals surface area (Å²) in [6.45, 7) is 0.703. The maximum Gasteiger partial charge on any atom is 0.322 e. The summed E-state index contributed by atoms with van der Waals surface area (Å²) < 4.78 is 10.8. The molecule has 6 heteroatoms. The topological polar surface area (TPSA) is 77.2 Å². The van der Waals surface area contributed by atoms with Gasteiger partial charge in [0.05, 0.1) is 0 Å². The Morgan fingerprint density at radius 2 is 2.14 bits per heavy atom. The van der Waals surface area contributed by atoms with E-state index in [1.807, 2.05) is 30.3 Å². The molecule has 21 heavy (non-hydrogen) atoms. The normalized spacial score (nSPS) is 18.2. The van der Waals surface area contributed by atoms with Crippen molar-refractivity contribution in [3.8, 4) is 0 Å². The molecule has 1 aromatic carbocycles. The molecule has 0 bridgehead atoms. The first-order valence-corrected chi connectivity index (χ1v) is 6.80. The fraction of sp³-hybridized carbons (Fsp3) is 0.267. The van der Waals surface area contributed by atoms with Gasteiger partial charge in [-0.15, -0.1) is 5.10 Å². The van der Waals surface area contributed by atoms with Gasteiger partial charge in [0, 0.05) is 12.7 Å². The average molecular weight is 285 g/mol. The van der Waals surface area contributed by atoms with Gasteiger partial charge in [-0.1, -0.05) is 35.4 Å². The fourth-order valence-corrected chi connectivity index (χ4v) is 2.07. The van der Waals surface area contributed by atoms with Crippen molar-refractivity contribution < 1.29 is 13.9 Å². The Balaban J connectivity index is 1.58. The minimum absolute atomic E-state index is 0.0863. The molecule has 1 unspecified atom stereocenters. The summed E-state index contributed by atoms with van der Waals surface area (Å²) in [5, 5.41) is 10.2. The number of rotatable bonds is 4. The first-order chi connectivity index (χ1) is 10.3. The SMILES string of the molecule is O=C(/C=C/c1ccccc1)Nc1nnc(C2CCCO2)o1. The molecule has 1 fully saturated rings. The van der Waals surface area contributed by atoms with Crippen molar-refractivity contribution in [2.75, 3.05) is 11.9 Å². The van der Waals surface area contributed by atoms with Crippen LogP contribution >= 0.6 is 0 Å². The van der Waals surface area contributed by atoms with Gasteiger partial charge < -0.3 is 9.15 Å². The first kappa shape index (κ1) is 13.5. The van der Waals surface area contributed by atoms with E-state index in [0.717, 1.165) is 18.4 Å². The van der Waals surface area contributed by atoms with E-state index in [1.165, 1.54) is 6.08 Å². The van der Waals surface area contributed by atoms with Crippen molar-refractivity contribution in [1.29, 1.82) is 0 Å². The fourth-order valence-electron chi connectivity index (χ4n) is 2.07. The molecule has 1 aliphatic heterocycles. The van der Waals surface area contributed by atoms with Crippen LogP contribution in [0, 0.1) is 0 Å². The van der Waals surface area contributed by atoms with E-state index in [0.29, 0.717) is 12.5 Å². The quantitative estimate of drug-likeness (QED) is 0.874. The Bertz CT molecular complexity index is 631. The van der Waals surface area contributed by atoms with Crippen LogP contribution in [0.1, 0.15) is 30.4 Å². The number of nitrogens with one attached hydrogen (secondary N) is 1. The summed E-state index contributed by atoms with van der Waals surface area (Å²) in [5.74, 6) is 0.0937. The van der Waals surface area contributed by atoms with Crippen LogP contribution in [-0.4, -0.2) is 22.7 Å². The summed E-state index contributed by atoms with van der Waals surface area (Å²) in [6.07, 6.45) is 4.83. The predicted molar refractivity (Wildman–Crippen MR) is 76.3 cm³/mol. The van der Waals surface area contributed by atoms with E-state index < -0.39 is 0 Å². The number of carbonyl (C=O) groups is 1. The minimum atomic E-state index is -0.318. The second-order valence-electron chi connectivity index (χ2n) is 4.68. The molecule has 2 heterocycles. The monoisotopic (exact) mass is 285 g/mol. The molecule has 1 saturated heterocycles. The number of aromatic nitrogens is 2. The predicted octanol–water partition coefficient (Wildman–Crippen LogP) is 2.57. The van der Waals surface area contributed by atoms with Crippen LogP contribution in [0.15, 0.2) is 40.8 Å². The molecule has 0 aliphatic carbocycles. The second-order valence-corrected chi connectivity index (χ2v) is 4.68. The highest BCUT2D eigenvalue weighted by atomic mass is 16.5. The summed E-state index contributed by atoms with van der Waals surface area (Å²) in [4.78, 5) is 11.8. The van der Waals surface area contributed by atoms with Crippen molar-refractivity contribution in [1.82, 2.24) is 10.2 Å². The standard InChI is InChI=1S/C15H15N3O3/c19-13(9-8-11-5-2-1-3-6-11)16-15-18-17-14(21-15)12-7-4-10-20-12/h1-3,5-6,8-9,12H,4,7,10H2,(H,16,18,19)/b9-8+. The molecule has 0 spiro atoms. The smallest absolute Gasteiger partial charge is 0.322 e. The lowest BCUT2D eigenvalue weighted by atomic mass is 10.2. The third kappa shape index (κ3) is 3.55. The van der Waals surface area contributed by atoms with Crippen molar-refractivity contribution in [2.45, 2.75) is 18.9 Å². The Morgan fingerprint density at radius 1 is 1.29 bits per heavy atom. The number of hydrogen-bond donors (Lipinski definition) is 1. The first-order valence-electron chi connectivity index (χ1n) is 6.80. The Hall–Kier alpha value is -2.47. The van der Waals surface area contributed by atoms with Gasteiger partial charge in [0.25, 0.3) is 5.91 Å². The number of benzene rings is 1. The highest BCUT2D eigenvalue weighted by Gasteiger charge is 2.23. The van der Waals surface area contributed by atoms with E-state index in [-0.39, 0.29) is 18.0 Å². The third-order valence-corrected chi connectivity index (χ3v) is 3.10. The zero-order valence-electron chi connectivity index (χ0n) is 11.4. The van der Waals surface area contributed by atoms with E-state index in [4.69, 9.17) is 9.15 Å². The number of carbonyl (C=O) groups excluding carboxylic acids is 1. The van der Waals surface area contributed by atoms with Gasteiger partial charge >= 0.3 is 6.01 Å². The van der Waals surface area contributed by atoms with Gasteiger partial charge in [0.2, 0.25) is 5.89 Å². The van der Waals surface area contributed by atoms with E-state index in [2.05, 4.69) is 15.5 Å². The molecular formula is C15H15N3O3. The highest BCUT2D eigenvalue weighted by Crippen LogP contribution is 2.27. The van der Waals surface area contributed by atoms with E-state index >= 15 is 0 Å². The highest BCUT2D eigenvalue weighted by molar-refractivity contribution is 6.00. The number of anilines is 1.